The van der Waals surface area contributed by atoms with Gasteiger partial charge in [0.05, 0.1) is 14.2 Å². The van der Waals surface area contributed by atoms with Crippen LogP contribution in [0.2, 0.25) is 0 Å². The molecule has 0 aliphatic heterocycles. The summed E-state index contributed by atoms with van der Waals surface area (Å²) < 4.78 is 21.8. The molecule has 0 rings (SSSR count). The zero-order valence-electron chi connectivity index (χ0n) is 8.37. The minimum Gasteiger partial charge on any atom is -0.467 e. The first-order valence-corrected chi connectivity index (χ1v) is 4.04. The van der Waals surface area contributed by atoms with Gasteiger partial charge in [0.2, 0.25) is 5.54 Å². The van der Waals surface area contributed by atoms with Crippen LogP contribution < -0.4 is 5.73 Å². The van der Waals surface area contributed by atoms with Crippen molar-refractivity contribution in [3.63, 3.8) is 0 Å². The van der Waals surface area contributed by atoms with E-state index in [-0.39, 0.29) is 6.42 Å². The van der Waals surface area contributed by atoms with Gasteiger partial charge in [0.15, 0.2) is 0 Å². The molecule has 82 valence electrons. The maximum atomic E-state index is 13.3. The molecule has 1 unspecified atom stereocenters. The molecule has 0 radical (unpaired) electrons. The summed E-state index contributed by atoms with van der Waals surface area (Å²) in [5.74, 6) is -2.28. The van der Waals surface area contributed by atoms with Crippen LogP contribution in [0.25, 0.3) is 0 Å². The molecule has 0 aromatic heterocycles. The SMILES string of the molecule is CCC(F)C(N)(C(=O)OC)C(=O)OC. The van der Waals surface area contributed by atoms with Crippen molar-refractivity contribution in [1.29, 1.82) is 0 Å². The molecule has 0 bridgehead atoms. The van der Waals surface area contributed by atoms with Crippen molar-refractivity contribution in [3.8, 4) is 0 Å². The van der Waals surface area contributed by atoms with E-state index in [9.17, 15) is 14.0 Å². The number of alkyl halides is 1. The number of hydrogen-bond acceptors (Lipinski definition) is 5. The van der Waals surface area contributed by atoms with Crippen LogP contribution in [0.3, 0.4) is 0 Å². The van der Waals surface area contributed by atoms with Gasteiger partial charge < -0.3 is 15.2 Å². The van der Waals surface area contributed by atoms with Crippen molar-refractivity contribution >= 4 is 11.9 Å². The summed E-state index contributed by atoms with van der Waals surface area (Å²) in [5.41, 5.74) is 2.97. The van der Waals surface area contributed by atoms with Gasteiger partial charge in [-0.2, -0.15) is 0 Å². The number of hydrogen-bond donors (Lipinski definition) is 1. The fourth-order valence-corrected chi connectivity index (χ4v) is 0.999. The van der Waals surface area contributed by atoms with E-state index >= 15 is 0 Å². The Bertz CT molecular complexity index is 215. The van der Waals surface area contributed by atoms with Gasteiger partial charge in [0, 0.05) is 0 Å². The van der Waals surface area contributed by atoms with E-state index < -0.39 is 23.6 Å². The molecule has 0 aliphatic rings. The average molecular weight is 207 g/mol. The molecule has 0 aliphatic carbocycles. The van der Waals surface area contributed by atoms with Crippen LogP contribution in [-0.2, 0) is 19.1 Å². The summed E-state index contributed by atoms with van der Waals surface area (Å²) in [7, 11) is 2.05. The summed E-state index contributed by atoms with van der Waals surface area (Å²) in [6.07, 6.45) is -1.91. The Hall–Kier alpha value is -1.17. The lowest BCUT2D eigenvalue weighted by Crippen LogP contribution is -2.62. The van der Waals surface area contributed by atoms with E-state index in [2.05, 4.69) is 9.47 Å². The predicted molar refractivity (Wildman–Crippen MR) is 46.1 cm³/mol. The molecule has 0 fully saturated rings. The standard InChI is InChI=1S/C8H14FNO4/c1-4-5(9)8(10,6(11)13-2)7(12)14-3/h5H,4,10H2,1-3H3. The summed E-state index contributed by atoms with van der Waals surface area (Å²) in [5, 5.41) is 0. The van der Waals surface area contributed by atoms with Gasteiger partial charge in [-0.25, -0.2) is 14.0 Å². The van der Waals surface area contributed by atoms with Gasteiger partial charge in [0.1, 0.15) is 6.17 Å². The molecular weight excluding hydrogens is 193 g/mol. The Kier molecular flexibility index (Phi) is 4.49. The monoisotopic (exact) mass is 207 g/mol. The fourth-order valence-electron chi connectivity index (χ4n) is 0.999. The summed E-state index contributed by atoms with van der Waals surface area (Å²) in [4.78, 5) is 22.3. The first-order chi connectivity index (χ1) is 6.44. The minimum atomic E-state index is -2.36. The van der Waals surface area contributed by atoms with Gasteiger partial charge in [-0.1, -0.05) is 6.92 Å². The molecule has 14 heavy (non-hydrogen) atoms. The van der Waals surface area contributed by atoms with Crippen LogP contribution in [-0.4, -0.2) is 37.9 Å². The highest BCUT2D eigenvalue weighted by Gasteiger charge is 2.51. The van der Waals surface area contributed by atoms with Crippen LogP contribution in [0.5, 0.6) is 0 Å². The molecule has 2 N–H and O–H groups in total. The van der Waals surface area contributed by atoms with Gasteiger partial charge >= 0.3 is 11.9 Å². The minimum absolute atomic E-state index is 0.0826. The van der Waals surface area contributed by atoms with Crippen LogP contribution in [0, 0.1) is 0 Å². The molecule has 0 heterocycles. The molecule has 1 atom stereocenters. The van der Waals surface area contributed by atoms with Gasteiger partial charge in [-0.05, 0) is 6.42 Å². The van der Waals surface area contributed by atoms with Crippen molar-refractivity contribution in [2.24, 2.45) is 5.73 Å². The van der Waals surface area contributed by atoms with Crippen LogP contribution in [0.1, 0.15) is 13.3 Å². The van der Waals surface area contributed by atoms with Crippen LogP contribution in [0.15, 0.2) is 0 Å². The molecule has 0 saturated heterocycles. The van der Waals surface area contributed by atoms with E-state index in [1.807, 2.05) is 0 Å². The van der Waals surface area contributed by atoms with E-state index in [1.165, 1.54) is 6.92 Å². The van der Waals surface area contributed by atoms with Crippen molar-refractivity contribution < 1.29 is 23.5 Å². The highest BCUT2D eigenvalue weighted by atomic mass is 19.1. The smallest absolute Gasteiger partial charge is 0.340 e. The number of carbonyl (C=O) groups is 2. The van der Waals surface area contributed by atoms with Gasteiger partial charge in [-0.15, -0.1) is 0 Å². The highest BCUT2D eigenvalue weighted by molar-refractivity contribution is 6.05. The van der Waals surface area contributed by atoms with E-state index in [0.29, 0.717) is 0 Å². The van der Waals surface area contributed by atoms with Crippen LogP contribution >= 0.6 is 0 Å². The first kappa shape index (κ1) is 12.8. The lowest BCUT2D eigenvalue weighted by Gasteiger charge is -2.26. The number of ether oxygens (including phenoxy) is 2. The summed E-state index contributed by atoms with van der Waals surface area (Å²) in [6, 6.07) is 0. The van der Waals surface area contributed by atoms with Crippen molar-refractivity contribution in [1.82, 2.24) is 0 Å². The quantitative estimate of drug-likeness (QED) is 0.509. The Morgan fingerprint density at radius 2 is 1.71 bits per heavy atom. The second-order valence-corrected chi connectivity index (χ2v) is 2.73. The molecule has 0 aromatic rings. The maximum Gasteiger partial charge on any atom is 0.340 e. The Balaban J connectivity index is 5.03. The molecular formula is C8H14FNO4. The van der Waals surface area contributed by atoms with Crippen LogP contribution in [0.4, 0.5) is 4.39 Å². The fraction of sp³-hybridized carbons (Fsp3) is 0.750. The largest absolute Gasteiger partial charge is 0.467 e. The molecule has 5 nitrogen and oxygen atoms in total. The Morgan fingerprint density at radius 3 is 1.93 bits per heavy atom. The number of nitrogens with two attached hydrogens (primary N) is 1. The van der Waals surface area contributed by atoms with Gasteiger partial charge in [-0.3, -0.25) is 0 Å². The number of methoxy groups -OCH3 is 2. The molecule has 0 amide bonds. The second-order valence-electron chi connectivity index (χ2n) is 2.73. The summed E-state index contributed by atoms with van der Waals surface area (Å²) in [6.45, 7) is 1.46. The van der Waals surface area contributed by atoms with Crippen molar-refractivity contribution in [3.05, 3.63) is 0 Å². The third kappa shape index (κ3) is 2.01. The van der Waals surface area contributed by atoms with E-state index in [0.717, 1.165) is 14.2 Å². The number of esters is 2. The lowest BCUT2D eigenvalue weighted by atomic mass is 9.93. The van der Waals surface area contributed by atoms with Gasteiger partial charge in [0.25, 0.3) is 0 Å². The average Bonchev–Trinajstić information content (AvgIpc) is 2.24. The second kappa shape index (κ2) is 4.90. The zero-order chi connectivity index (χ0) is 11.4. The normalized spacial score (nSPS) is 13.2. The maximum absolute atomic E-state index is 13.3. The third-order valence-corrected chi connectivity index (χ3v) is 1.90. The molecule has 0 spiro atoms. The predicted octanol–water partition coefficient (Wildman–Crippen LogP) is -0.222. The first-order valence-electron chi connectivity index (χ1n) is 4.04. The highest BCUT2D eigenvalue weighted by Crippen LogP contribution is 2.18. The molecule has 0 saturated carbocycles. The zero-order valence-corrected chi connectivity index (χ0v) is 8.37. The third-order valence-electron chi connectivity index (χ3n) is 1.90. The number of carbonyl (C=O) groups excluding carboxylic acids is 2. The topological polar surface area (TPSA) is 78.6 Å². The van der Waals surface area contributed by atoms with E-state index in [1.54, 1.807) is 0 Å². The van der Waals surface area contributed by atoms with E-state index in [4.69, 9.17) is 5.73 Å². The van der Waals surface area contributed by atoms with Crippen molar-refractivity contribution in [2.75, 3.05) is 14.2 Å². The lowest BCUT2D eigenvalue weighted by molar-refractivity contribution is -0.165. The Morgan fingerprint density at radius 1 is 1.36 bits per heavy atom. The molecule has 6 heteroatoms. The Labute approximate surface area is 81.3 Å². The van der Waals surface area contributed by atoms with Crippen molar-refractivity contribution in [2.45, 2.75) is 25.1 Å². The molecule has 0 aromatic carbocycles. The number of halogens is 1. The summed E-state index contributed by atoms with van der Waals surface area (Å²) >= 11 is 0. The number of rotatable bonds is 4.